The van der Waals surface area contributed by atoms with Gasteiger partial charge < -0.3 is 10.2 Å². The maximum absolute atomic E-state index is 15.1. The number of nitrogens with one attached hydrogen (secondary N) is 2. The van der Waals surface area contributed by atoms with Gasteiger partial charge in [-0.3, -0.25) is 29.6 Å². The van der Waals surface area contributed by atoms with Crippen LogP contribution in [0.1, 0.15) is 57.6 Å². The van der Waals surface area contributed by atoms with Crippen molar-refractivity contribution in [2.45, 2.75) is 44.9 Å². The predicted octanol–water partition coefficient (Wildman–Crippen LogP) is 6.08. The minimum Gasteiger partial charge on any atom is -0.368 e. The zero-order valence-corrected chi connectivity index (χ0v) is 32.2. The smallest absolute Gasteiger partial charge is 0.368 e. The summed E-state index contributed by atoms with van der Waals surface area (Å²) in [6.07, 6.45) is 0.431. The Morgan fingerprint density at radius 2 is 1.73 bits per heavy atom. The highest BCUT2D eigenvalue weighted by molar-refractivity contribution is 6.06. The van der Waals surface area contributed by atoms with E-state index in [1.807, 2.05) is 13.0 Å². The first-order chi connectivity index (χ1) is 28.4. The van der Waals surface area contributed by atoms with Crippen molar-refractivity contribution in [3.05, 3.63) is 118 Å². The van der Waals surface area contributed by atoms with Crippen LogP contribution in [0.3, 0.4) is 0 Å². The van der Waals surface area contributed by atoms with Gasteiger partial charge in [0.25, 0.3) is 5.91 Å². The van der Waals surface area contributed by atoms with Crippen molar-refractivity contribution < 1.29 is 31.9 Å². The standard InChI is InChI=1S/C43H41F4N9O3/c1-28-4-5-30(23-29(28)6-10-35-26-48-39-3-2-15-49-56(35)39)41(58)50-32-8-11-38(36(24-32)43(45,46)47)54-21-19-53(20-22-54)33-12-16-52(17-13-33)27-31-7-9-34(25-37(31)44)55-18-14-40(57)51-42(55)59/h2-5,7-9,11,15,23-26,33H,12-14,16-22,27H2,1H3,(H,50,58)(H,51,57,59). The molecule has 0 aliphatic carbocycles. The van der Waals surface area contributed by atoms with E-state index < -0.39 is 29.5 Å². The number of hydrogen-bond acceptors (Lipinski definition) is 8. The molecule has 0 unspecified atom stereocenters. The van der Waals surface area contributed by atoms with Crippen LogP contribution < -0.4 is 20.4 Å². The first kappa shape index (κ1) is 39.5. The molecule has 12 nitrogen and oxygen atoms in total. The Hall–Kier alpha value is -6.31. The van der Waals surface area contributed by atoms with Gasteiger partial charge in [-0.05, 0) is 98.9 Å². The second kappa shape index (κ2) is 16.5. The van der Waals surface area contributed by atoms with Crippen molar-refractivity contribution in [3.63, 3.8) is 0 Å². The molecule has 3 aliphatic heterocycles. The van der Waals surface area contributed by atoms with E-state index in [4.69, 9.17) is 0 Å². The second-order valence-corrected chi connectivity index (χ2v) is 15.0. The molecular weight excluding hydrogens is 767 g/mol. The molecule has 0 atom stereocenters. The van der Waals surface area contributed by atoms with Crippen LogP contribution in [-0.2, 0) is 17.5 Å². The fourth-order valence-electron chi connectivity index (χ4n) is 7.92. The minimum atomic E-state index is -4.65. The molecule has 59 heavy (non-hydrogen) atoms. The number of imidazole rings is 1. The van der Waals surface area contributed by atoms with Crippen LogP contribution >= 0.6 is 0 Å². The Morgan fingerprint density at radius 3 is 2.47 bits per heavy atom. The van der Waals surface area contributed by atoms with Gasteiger partial charge in [0.2, 0.25) is 5.91 Å². The highest BCUT2D eigenvalue weighted by atomic mass is 19.4. The fraction of sp³-hybridized carbons (Fsp3) is 0.326. The Kier molecular flexibility index (Phi) is 11.1. The van der Waals surface area contributed by atoms with Crippen LogP contribution in [-0.4, -0.2) is 94.1 Å². The van der Waals surface area contributed by atoms with Gasteiger partial charge in [0.1, 0.15) is 11.5 Å². The maximum Gasteiger partial charge on any atom is 0.418 e. The van der Waals surface area contributed by atoms with E-state index in [2.05, 4.69) is 42.4 Å². The molecule has 5 heterocycles. The number of imide groups is 1. The molecule has 3 fully saturated rings. The van der Waals surface area contributed by atoms with Gasteiger partial charge in [-0.25, -0.2) is 18.7 Å². The molecule has 3 saturated heterocycles. The van der Waals surface area contributed by atoms with Gasteiger partial charge >= 0.3 is 12.2 Å². The summed E-state index contributed by atoms with van der Waals surface area (Å²) in [4.78, 5) is 48.9. The number of urea groups is 1. The molecular formula is C43H41F4N9O3. The number of fused-ring (bicyclic) bond motifs is 1. The highest BCUT2D eigenvalue weighted by Gasteiger charge is 2.37. The van der Waals surface area contributed by atoms with Gasteiger partial charge in [0.15, 0.2) is 5.65 Å². The van der Waals surface area contributed by atoms with Crippen LogP contribution in [0, 0.1) is 24.6 Å². The number of halogens is 4. The van der Waals surface area contributed by atoms with E-state index in [9.17, 15) is 27.6 Å². The predicted molar refractivity (Wildman–Crippen MR) is 214 cm³/mol. The number of alkyl halides is 3. The third-order valence-electron chi connectivity index (χ3n) is 11.2. The molecule has 16 heteroatoms. The maximum atomic E-state index is 15.1. The summed E-state index contributed by atoms with van der Waals surface area (Å²) in [5.41, 5.74) is 3.08. The zero-order valence-electron chi connectivity index (χ0n) is 32.2. The number of rotatable bonds is 7. The molecule has 0 radical (unpaired) electrons. The number of hydrogen-bond donors (Lipinski definition) is 2. The van der Waals surface area contributed by atoms with E-state index in [0.29, 0.717) is 60.9 Å². The molecule has 0 saturated carbocycles. The molecule has 4 amide bonds. The van der Waals surface area contributed by atoms with Gasteiger partial charge in [0, 0.05) is 91.7 Å². The normalized spacial score (nSPS) is 17.2. The first-order valence-electron chi connectivity index (χ1n) is 19.4. The van der Waals surface area contributed by atoms with Crippen molar-refractivity contribution in [1.82, 2.24) is 29.7 Å². The highest BCUT2D eigenvalue weighted by Crippen LogP contribution is 2.39. The summed E-state index contributed by atoms with van der Waals surface area (Å²) in [5, 5.41) is 9.15. The lowest BCUT2D eigenvalue weighted by atomic mass is 10.0. The number of carbonyl (C=O) groups is 3. The number of carbonyl (C=O) groups excluding carboxylic acids is 3. The van der Waals surface area contributed by atoms with Crippen LogP contribution in [0.5, 0.6) is 0 Å². The van der Waals surface area contributed by atoms with Gasteiger partial charge in [0.05, 0.1) is 11.8 Å². The Labute approximate surface area is 337 Å². The number of piperidine rings is 1. The quantitative estimate of drug-likeness (QED) is 0.150. The summed E-state index contributed by atoms with van der Waals surface area (Å²) in [5.74, 6) is 4.78. The van der Waals surface area contributed by atoms with Gasteiger partial charge in [-0.1, -0.05) is 18.1 Å². The van der Waals surface area contributed by atoms with Crippen molar-refractivity contribution in [3.8, 4) is 11.8 Å². The lowest BCUT2D eigenvalue weighted by Crippen LogP contribution is -2.53. The summed E-state index contributed by atoms with van der Waals surface area (Å²) in [7, 11) is 0. The van der Waals surface area contributed by atoms with Crippen molar-refractivity contribution in [2.24, 2.45) is 0 Å². The Morgan fingerprint density at radius 1 is 0.932 bits per heavy atom. The number of benzene rings is 3. The Bertz CT molecular complexity index is 2480. The summed E-state index contributed by atoms with van der Waals surface area (Å²) in [6, 6.07) is 16.9. The fourth-order valence-corrected chi connectivity index (χ4v) is 7.92. The minimum absolute atomic E-state index is 0.0319. The number of nitrogens with zero attached hydrogens (tertiary/aromatic N) is 7. The topological polar surface area (TPSA) is 118 Å². The number of likely N-dealkylation sites (tertiary alicyclic amines) is 1. The first-order valence-corrected chi connectivity index (χ1v) is 19.4. The largest absolute Gasteiger partial charge is 0.418 e. The monoisotopic (exact) mass is 807 g/mol. The third kappa shape index (κ3) is 8.76. The molecule has 0 spiro atoms. The number of aryl methyl sites for hydroxylation is 1. The number of aromatic nitrogens is 3. The molecule has 5 aromatic rings. The average molecular weight is 808 g/mol. The van der Waals surface area contributed by atoms with E-state index in [0.717, 1.165) is 37.6 Å². The van der Waals surface area contributed by atoms with Crippen LogP contribution in [0.25, 0.3) is 5.65 Å². The van der Waals surface area contributed by atoms with Crippen molar-refractivity contribution >= 4 is 40.6 Å². The van der Waals surface area contributed by atoms with E-state index in [-0.39, 0.29) is 41.9 Å². The lowest BCUT2D eigenvalue weighted by Gasteiger charge is -2.43. The summed E-state index contributed by atoms with van der Waals surface area (Å²) in [6.45, 7) is 5.96. The van der Waals surface area contributed by atoms with E-state index in [1.54, 1.807) is 58.2 Å². The zero-order chi connectivity index (χ0) is 41.3. The molecule has 304 valence electrons. The molecule has 2 aromatic heterocycles. The van der Waals surface area contributed by atoms with E-state index >= 15 is 4.39 Å². The third-order valence-corrected chi connectivity index (χ3v) is 11.2. The Balaban J connectivity index is 0.859. The molecule has 0 bridgehead atoms. The summed E-state index contributed by atoms with van der Waals surface area (Å²) >= 11 is 0. The average Bonchev–Trinajstić information content (AvgIpc) is 3.64. The van der Waals surface area contributed by atoms with Crippen LogP contribution in [0.15, 0.2) is 79.1 Å². The van der Waals surface area contributed by atoms with E-state index in [1.165, 1.54) is 23.1 Å². The van der Waals surface area contributed by atoms with Gasteiger partial charge in [-0.2, -0.15) is 18.3 Å². The lowest BCUT2D eigenvalue weighted by molar-refractivity contribution is -0.137. The second-order valence-electron chi connectivity index (χ2n) is 15.0. The van der Waals surface area contributed by atoms with Crippen LogP contribution in [0.2, 0.25) is 0 Å². The molecule has 3 aromatic carbocycles. The number of piperazine rings is 1. The summed E-state index contributed by atoms with van der Waals surface area (Å²) < 4.78 is 60.3. The SMILES string of the molecule is Cc1ccc(C(=O)Nc2ccc(N3CCN(C4CCN(Cc5ccc(N6CCC(=O)NC6=O)cc5F)CC4)CC3)c(C(F)(F)F)c2)cc1C#Cc1cnc2cccnn12. The van der Waals surface area contributed by atoms with Crippen LogP contribution in [0.4, 0.5) is 39.4 Å². The molecule has 2 N–H and O–H groups in total. The van der Waals surface area contributed by atoms with Gasteiger partial charge in [-0.15, -0.1) is 0 Å². The van der Waals surface area contributed by atoms with Crippen molar-refractivity contribution in [2.75, 3.05) is 60.9 Å². The molecule has 3 aliphatic rings. The molecule has 8 rings (SSSR count). The number of anilines is 3. The number of amides is 4. The van der Waals surface area contributed by atoms with Crippen molar-refractivity contribution in [1.29, 1.82) is 0 Å².